The Balaban J connectivity index is 1.99. The molecule has 1 saturated heterocycles. The Kier molecular flexibility index (Phi) is 4.20. The second-order valence-corrected chi connectivity index (χ2v) is 8.40. The molecule has 6 heteroatoms. The summed E-state index contributed by atoms with van der Waals surface area (Å²) in [4.78, 5) is 13.9. The first kappa shape index (κ1) is 14.8. The van der Waals surface area contributed by atoms with Crippen molar-refractivity contribution in [2.45, 2.75) is 44.6 Å². The summed E-state index contributed by atoms with van der Waals surface area (Å²) in [5.74, 6) is 0.0609. The van der Waals surface area contributed by atoms with E-state index in [0.29, 0.717) is 19.4 Å². The summed E-state index contributed by atoms with van der Waals surface area (Å²) in [6, 6.07) is 0. The maximum Gasteiger partial charge on any atom is 0.225 e. The molecule has 19 heavy (non-hydrogen) atoms. The van der Waals surface area contributed by atoms with Crippen LogP contribution in [0.15, 0.2) is 0 Å². The van der Waals surface area contributed by atoms with Gasteiger partial charge in [-0.1, -0.05) is 19.8 Å². The molecule has 110 valence electrons. The fourth-order valence-electron chi connectivity index (χ4n) is 3.12. The highest BCUT2D eigenvalue weighted by Crippen LogP contribution is 2.33. The normalized spacial score (nSPS) is 30.0. The Hall–Kier alpha value is -0.620. The number of hydrogen-bond acceptors (Lipinski definition) is 4. The van der Waals surface area contributed by atoms with Crippen molar-refractivity contribution >= 4 is 15.7 Å². The summed E-state index contributed by atoms with van der Waals surface area (Å²) in [7, 11) is -3.03. The van der Waals surface area contributed by atoms with Gasteiger partial charge in [-0.3, -0.25) is 4.79 Å². The third-order valence-electron chi connectivity index (χ3n) is 4.11. The van der Waals surface area contributed by atoms with Crippen LogP contribution in [0.2, 0.25) is 0 Å². The molecule has 1 aliphatic carbocycles. The molecule has 2 rings (SSSR count). The lowest BCUT2D eigenvalue weighted by Gasteiger charge is -2.27. The molecule has 1 unspecified atom stereocenters. The van der Waals surface area contributed by atoms with E-state index < -0.39 is 15.4 Å². The lowest BCUT2D eigenvalue weighted by molar-refractivity contribution is -0.136. The maximum atomic E-state index is 12.2. The van der Waals surface area contributed by atoms with Gasteiger partial charge in [-0.25, -0.2) is 8.42 Å². The lowest BCUT2D eigenvalue weighted by Crippen LogP contribution is -2.40. The molecule has 1 aliphatic heterocycles. The first-order valence-electron chi connectivity index (χ1n) is 7.00. The second-order valence-electron chi connectivity index (χ2n) is 6.17. The quantitative estimate of drug-likeness (QED) is 0.806. The highest BCUT2D eigenvalue weighted by Gasteiger charge is 2.36. The average Bonchev–Trinajstić information content (AvgIpc) is 2.63. The van der Waals surface area contributed by atoms with E-state index in [-0.39, 0.29) is 36.3 Å². The Labute approximate surface area is 114 Å². The number of aliphatic hydroxyl groups is 1. The molecule has 1 N–H and O–H groups in total. The van der Waals surface area contributed by atoms with Crippen molar-refractivity contribution in [1.29, 1.82) is 0 Å². The Morgan fingerprint density at radius 3 is 2.63 bits per heavy atom. The van der Waals surface area contributed by atoms with Gasteiger partial charge in [-0.2, -0.15) is 0 Å². The molecular weight excluding hydrogens is 266 g/mol. The van der Waals surface area contributed by atoms with Crippen LogP contribution in [0.3, 0.4) is 0 Å². The van der Waals surface area contributed by atoms with Crippen LogP contribution in [0.1, 0.15) is 39.0 Å². The number of nitrogens with zero attached hydrogens (tertiary/aromatic N) is 1. The zero-order chi connectivity index (χ0) is 14.1. The minimum absolute atomic E-state index is 0.0327. The second kappa shape index (κ2) is 5.40. The topological polar surface area (TPSA) is 74.7 Å². The Bertz CT molecular complexity index is 440. The molecule has 1 heterocycles. The number of rotatable bonds is 2. The van der Waals surface area contributed by atoms with Crippen LogP contribution in [0.5, 0.6) is 0 Å². The van der Waals surface area contributed by atoms with Gasteiger partial charge < -0.3 is 10.0 Å². The summed E-state index contributed by atoms with van der Waals surface area (Å²) < 4.78 is 23.3. The zero-order valence-corrected chi connectivity index (χ0v) is 12.3. The third-order valence-corrected chi connectivity index (χ3v) is 5.99. The van der Waals surface area contributed by atoms with Gasteiger partial charge in [0.2, 0.25) is 5.91 Å². The molecule has 2 fully saturated rings. The van der Waals surface area contributed by atoms with Gasteiger partial charge in [0.25, 0.3) is 0 Å². The fourth-order valence-corrected chi connectivity index (χ4v) is 4.75. The lowest BCUT2D eigenvalue weighted by atomic mass is 9.97. The van der Waals surface area contributed by atoms with E-state index in [1.807, 2.05) is 6.92 Å². The van der Waals surface area contributed by atoms with Crippen molar-refractivity contribution in [3.63, 3.8) is 0 Å². The third kappa shape index (κ3) is 3.92. The van der Waals surface area contributed by atoms with Crippen LogP contribution in [0, 0.1) is 5.92 Å². The van der Waals surface area contributed by atoms with Gasteiger partial charge in [-0.15, -0.1) is 0 Å². The molecule has 1 amide bonds. The summed E-state index contributed by atoms with van der Waals surface area (Å²) in [5.41, 5.74) is -0.856. The van der Waals surface area contributed by atoms with E-state index in [1.54, 1.807) is 4.90 Å². The molecule has 0 aromatic carbocycles. The van der Waals surface area contributed by atoms with E-state index in [9.17, 15) is 18.3 Å². The minimum atomic E-state index is -3.03. The molecule has 2 aliphatic rings. The average molecular weight is 289 g/mol. The molecule has 0 spiro atoms. The van der Waals surface area contributed by atoms with Gasteiger partial charge >= 0.3 is 0 Å². The van der Waals surface area contributed by atoms with Gasteiger partial charge in [0, 0.05) is 13.1 Å². The van der Waals surface area contributed by atoms with Crippen molar-refractivity contribution in [2.24, 2.45) is 5.92 Å². The molecule has 0 radical (unpaired) electrons. The molecule has 1 saturated carbocycles. The standard InChI is InChI=1S/C13H23NO4S/c1-11-9-14(6-7-19(17,18)10-11)12(15)8-13(16)4-2-3-5-13/h11,16H,2-10H2,1H3. The first-order chi connectivity index (χ1) is 8.80. The molecule has 0 bridgehead atoms. The maximum absolute atomic E-state index is 12.2. The van der Waals surface area contributed by atoms with Crippen LogP contribution >= 0.6 is 0 Å². The molecule has 5 nitrogen and oxygen atoms in total. The highest BCUT2D eigenvalue weighted by molar-refractivity contribution is 7.91. The molecule has 1 atom stereocenters. The number of hydrogen-bond donors (Lipinski definition) is 1. The fraction of sp³-hybridized carbons (Fsp3) is 0.923. The number of carbonyl (C=O) groups excluding carboxylic acids is 1. The Morgan fingerprint density at radius 2 is 2.00 bits per heavy atom. The molecular formula is C13H23NO4S. The predicted octanol–water partition coefficient (Wildman–Crippen LogP) is 0.575. The predicted molar refractivity (Wildman–Crippen MR) is 72.4 cm³/mol. The van der Waals surface area contributed by atoms with Gasteiger partial charge in [0.15, 0.2) is 9.84 Å². The monoisotopic (exact) mass is 289 g/mol. The van der Waals surface area contributed by atoms with Crippen molar-refractivity contribution < 1.29 is 18.3 Å². The first-order valence-corrected chi connectivity index (χ1v) is 8.82. The number of amides is 1. The van der Waals surface area contributed by atoms with Crippen LogP contribution < -0.4 is 0 Å². The zero-order valence-electron chi connectivity index (χ0n) is 11.5. The smallest absolute Gasteiger partial charge is 0.225 e. The number of carbonyl (C=O) groups is 1. The molecule has 0 aromatic rings. The molecule has 0 aromatic heterocycles. The summed E-state index contributed by atoms with van der Waals surface area (Å²) >= 11 is 0. The van der Waals surface area contributed by atoms with Gasteiger partial charge in [0.1, 0.15) is 0 Å². The van der Waals surface area contributed by atoms with Crippen molar-refractivity contribution in [2.75, 3.05) is 24.6 Å². The van der Waals surface area contributed by atoms with Crippen molar-refractivity contribution in [3.8, 4) is 0 Å². The Morgan fingerprint density at radius 1 is 1.37 bits per heavy atom. The number of sulfone groups is 1. The van der Waals surface area contributed by atoms with E-state index >= 15 is 0 Å². The van der Waals surface area contributed by atoms with Gasteiger partial charge in [-0.05, 0) is 18.8 Å². The summed E-state index contributed by atoms with van der Waals surface area (Å²) in [5, 5.41) is 10.3. The SMILES string of the molecule is CC1CN(C(=O)CC2(O)CCCC2)CCS(=O)(=O)C1. The minimum Gasteiger partial charge on any atom is -0.389 e. The van der Waals surface area contributed by atoms with Crippen molar-refractivity contribution in [1.82, 2.24) is 4.90 Å². The van der Waals surface area contributed by atoms with Crippen LogP contribution in [-0.2, 0) is 14.6 Å². The van der Waals surface area contributed by atoms with Gasteiger partial charge in [0.05, 0.1) is 23.5 Å². The van der Waals surface area contributed by atoms with Crippen molar-refractivity contribution in [3.05, 3.63) is 0 Å². The largest absolute Gasteiger partial charge is 0.389 e. The highest BCUT2D eigenvalue weighted by atomic mass is 32.2. The van der Waals surface area contributed by atoms with Crippen LogP contribution in [-0.4, -0.2) is 54.5 Å². The van der Waals surface area contributed by atoms with Crippen LogP contribution in [0.25, 0.3) is 0 Å². The van der Waals surface area contributed by atoms with Crippen LogP contribution in [0.4, 0.5) is 0 Å². The summed E-state index contributed by atoms with van der Waals surface area (Å²) in [6.45, 7) is 2.60. The van der Waals surface area contributed by atoms with E-state index in [4.69, 9.17) is 0 Å². The van der Waals surface area contributed by atoms with E-state index in [2.05, 4.69) is 0 Å². The van der Waals surface area contributed by atoms with E-state index in [1.165, 1.54) is 0 Å². The van der Waals surface area contributed by atoms with E-state index in [0.717, 1.165) is 12.8 Å². The summed E-state index contributed by atoms with van der Waals surface area (Å²) in [6.07, 6.45) is 3.43.